The molecule has 4 heteroatoms. The van der Waals surface area contributed by atoms with Gasteiger partial charge >= 0.3 is 0 Å². The Bertz CT molecular complexity index is 1120. The number of ketones is 1. The van der Waals surface area contributed by atoms with Crippen LogP contribution in [0, 0.1) is 20.8 Å². The first kappa shape index (κ1) is 17.9. The summed E-state index contributed by atoms with van der Waals surface area (Å²) in [5, 5.41) is 8.25. The predicted octanol–water partition coefficient (Wildman–Crippen LogP) is 5.56. The van der Waals surface area contributed by atoms with Crippen LogP contribution in [0.2, 0.25) is 0 Å². The SMILES string of the molecule is Cc1cc(C)c(C(=O)c2ccc(-c3nnc(-c4ccccc4)o3)cc2)c(C)c1. The molecule has 4 nitrogen and oxygen atoms in total. The van der Waals surface area contributed by atoms with Crippen LogP contribution in [-0.2, 0) is 0 Å². The highest BCUT2D eigenvalue weighted by Crippen LogP contribution is 2.25. The first-order valence-electron chi connectivity index (χ1n) is 9.15. The van der Waals surface area contributed by atoms with Crippen molar-refractivity contribution in [3.05, 3.63) is 94.5 Å². The molecule has 0 fully saturated rings. The van der Waals surface area contributed by atoms with Gasteiger partial charge in [0.2, 0.25) is 11.8 Å². The third kappa shape index (κ3) is 3.37. The van der Waals surface area contributed by atoms with E-state index < -0.39 is 0 Å². The van der Waals surface area contributed by atoms with Gasteiger partial charge in [0.15, 0.2) is 5.78 Å². The van der Waals surface area contributed by atoms with Crippen molar-refractivity contribution in [2.75, 3.05) is 0 Å². The molecule has 0 saturated heterocycles. The molecular formula is C24H20N2O2. The van der Waals surface area contributed by atoms with Gasteiger partial charge in [-0.05, 0) is 56.2 Å². The standard InChI is InChI=1S/C24H20N2O2/c1-15-13-16(2)21(17(3)14-15)22(27)18-9-11-20(12-10-18)24-26-25-23(28-24)19-7-5-4-6-8-19/h4-14H,1-3H3. The minimum atomic E-state index is 0.0250. The van der Waals surface area contributed by atoms with Gasteiger partial charge in [0, 0.05) is 22.3 Å². The largest absolute Gasteiger partial charge is 0.416 e. The number of hydrogen-bond acceptors (Lipinski definition) is 4. The molecule has 28 heavy (non-hydrogen) atoms. The van der Waals surface area contributed by atoms with E-state index in [2.05, 4.69) is 10.2 Å². The highest BCUT2D eigenvalue weighted by Gasteiger charge is 2.16. The van der Waals surface area contributed by atoms with Crippen molar-refractivity contribution in [1.29, 1.82) is 0 Å². The second-order valence-corrected chi connectivity index (χ2v) is 6.96. The van der Waals surface area contributed by atoms with E-state index in [1.165, 1.54) is 0 Å². The highest BCUT2D eigenvalue weighted by molar-refractivity contribution is 6.11. The van der Waals surface area contributed by atoms with Crippen molar-refractivity contribution in [2.24, 2.45) is 0 Å². The highest BCUT2D eigenvalue weighted by atomic mass is 16.4. The van der Waals surface area contributed by atoms with E-state index in [1.54, 1.807) is 0 Å². The second-order valence-electron chi connectivity index (χ2n) is 6.96. The Kier molecular flexibility index (Phi) is 4.62. The summed E-state index contributed by atoms with van der Waals surface area (Å²) in [6.45, 7) is 5.99. The Morgan fingerprint density at radius 1 is 0.750 bits per heavy atom. The van der Waals surface area contributed by atoms with E-state index in [-0.39, 0.29) is 5.78 Å². The summed E-state index contributed by atoms with van der Waals surface area (Å²) in [4.78, 5) is 13.0. The van der Waals surface area contributed by atoms with Gasteiger partial charge in [-0.15, -0.1) is 10.2 Å². The quantitative estimate of drug-likeness (QED) is 0.443. The number of hydrogen-bond donors (Lipinski definition) is 0. The second kappa shape index (κ2) is 7.24. The van der Waals surface area contributed by atoms with Crippen LogP contribution >= 0.6 is 0 Å². The summed E-state index contributed by atoms with van der Waals surface area (Å²) in [5.41, 5.74) is 6.21. The average molecular weight is 368 g/mol. The van der Waals surface area contributed by atoms with Gasteiger partial charge in [0.1, 0.15) is 0 Å². The third-order valence-electron chi connectivity index (χ3n) is 4.74. The number of carbonyl (C=O) groups is 1. The van der Waals surface area contributed by atoms with Crippen molar-refractivity contribution >= 4 is 5.78 Å². The van der Waals surface area contributed by atoms with Crippen LogP contribution in [0.3, 0.4) is 0 Å². The monoisotopic (exact) mass is 368 g/mol. The normalized spacial score (nSPS) is 10.8. The molecule has 4 rings (SSSR count). The molecule has 0 aliphatic carbocycles. The van der Waals surface area contributed by atoms with E-state index in [0.29, 0.717) is 17.3 Å². The Labute approximate surface area is 163 Å². The molecule has 3 aromatic carbocycles. The van der Waals surface area contributed by atoms with Crippen LogP contribution in [-0.4, -0.2) is 16.0 Å². The number of aromatic nitrogens is 2. The molecule has 0 radical (unpaired) electrons. The lowest BCUT2D eigenvalue weighted by molar-refractivity contribution is 0.103. The van der Waals surface area contributed by atoms with E-state index in [9.17, 15) is 4.79 Å². The molecule has 0 amide bonds. The Balaban J connectivity index is 1.62. The van der Waals surface area contributed by atoms with Gasteiger partial charge in [-0.25, -0.2) is 0 Å². The van der Waals surface area contributed by atoms with Crippen LogP contribution < -0.4 is 0 Å². The number of benzene rings is 3. The van der Waals surface area contributed by atoms with Gasteiger partial charge in [0.25, 0.3) is 0 Å². The molecule has 0 bridgehead atoms. The fraction of sp³-hybridized carbons (Fsp3) is 0.125. The topological polar surface area (TPSA) is 56.0 Å². The lowest BCUT2D eigenvalue weighted by Crippen LogP contribution is -2.06. The molecule has 0 atom stereocenters. The van der Waals surface area contributed by atoms with E-state index in [4.69, 9.17) is 4.42 Å². The first-order chi connectivity index (χ1) is 13.5. The molecule has 0 spiro atoms. The van der Waals surface area contributed by atoms with E-state index in [0.717, 1.165) is 33.4 Å². The Morgan fingerprint density at radius 2 is 1.29 bits per heavy atom. The fourth-order valence-electron chi connectivity index (χ4n) is 3.48. The van der Waals surface area contributed by atoms with Crippen LogP contribution in [0.25, 0.3) is 22.9 Å². The Hall–Kier alpha value is -3.53. The molecule has 0 unspecified atom stereocenters. The number of carbonyl (C=O) groups excluding carboxylic acids is 1. The molecule has 0 N–H and O–H groups in total. The third-order valence-corrected chi connectivity index (χ3v) is 4.74. The zero-order chi connectivity index (χ0) is 19.7. The van der Waals surface area contributed by atoms with E-state index >= 15 is 0 Å². The summed E-state index contributed by atoms with van der Waals surface area (Å²) in [6.07, 6.45) is 0. The van der Waals surface area contributed by atoms with Crippen molar-refractivity contribution in [3.8, 4) is 22.9 Å². The zero-order valence-electron chi connectivity index (χ0n) is 16.1. The molecule has 0 aliphatic heterocycles. The molecule has 138 valence electrons. The van der Waals surface area contributed by atoms with Gasteiger partial charge in [-0.2, -0.15) is 0 Å². The fourth-order valence-corrected chi connectivity index (χ4v) is 3.48. The number of aryl methyl sites for hydroxylation is 3. The minimum Gasteiger partial charge on any atom is -0.416 e. The van der Waals surface area contributed by atoms with Gasteiger partial charge in [0.05, 0.1) is 0 Å². The zero-order valence-corrected chi connectivity index (χ0v) is 16.1. The van der Waals surface area contributed by atoms with Gasteiger partial charge < -0.3 is 4.42 Å². The summed E-state index contributed by atoms with van der Waals surface area (Å²) in [7, 11) is 0. The number of rotatable bonds is 4. The lowest BCUT2D eigenvalue weighted by Gasteiger charge is -2.10. The summed E-state index contributed by atoms with van der Waals surface area (Å²) >= 11 is 0. The molecule has 0 aliphatic rings. The van der Waals surface area contributed by atoms with Gasteiger partial charge in [-0.1, -0.05) is 48.0 Å². The van der Waals surface area contributed by atoms with Crippen molar-refractivity contribution in [3.63, 3.8) is 0 Å². The first-order valence-corrected chi connectivity index (χ1v) is 9.15. The van der Waals surface area contributed by atoms with Crippen molar-refractivity contribution < 1.29 is 9.21 Å². The lowest BCUT2D eigenvalue weighted by atomic mass is 9.93. The van der Waals surface area contributed by atoms with Gasteiger partial charge in [-0.3, -0.25) is 4.79 Å². The molecule has 1 aromatic heterocycles. The molecule has 4 aromatic rings. The van der Waals surface area contributed by atoms with Crippen LogP contribution in [0.4, 0.5) is 0 Å². The maximum absolute atomic E-state index is 13.0. The van der Waals surface area contributed by atoms with Crippen LogP contribution in [0.1, 0.15) is 32.6 Å². The van der Waals surface area contributed by atoms with Crippen molar-refractivity contribution in [2.45, 2.75) is 20.8 Å². The summed E-state index contributed by atoms with van der Waals surface area (Å²) < 4.78 is 5.78. The minimum absolute atomic E-state index is 0.0250. The average Bonchev–Trinajstić information content (AvgIpc) is 3.18. The van der Waals surface area contributed by atoms with E-state index in [1.807, 2.05) is 87.5 Å². The predicted molar refractivity (Wildman–Crippen MR) is 109 cm³/mol. The molecule has 0 saturated carbocycles. The maximum Gasteiger partial charge on any atom is 0.248 e. The smallest absolute Gasteiger partial charge is 0.248 e. The van der Waals surface area contributed by atoms with Crippen LogP contribution in [0.5, 0.6) is 0 Å². The number of nitrogens with zero attached hydrogens (tertiary/aromatic N) is 2. The molecular weight excluding hydrogens is 348 g/mol. The summed E-state index contributed by atoms with van der Waals surface area (Å²) in [5.74, 6) is 0.930. The van der Waals surface area contributed by atoms with Crippen LogP contribution in [0.15, 0.2) is 71.1 Å². The van der Waals surface area contributed by atoms with Crippen molar-refractivity contribution in [1.82, 2.24) is 10.2 Å². The maximum atomic E-state index is 13.0. The molecule has 1 heterocycles. The Morgan fingerprint density at radius 3 is 1.86 bits per heavy atom. The summed E-state index contributed by atoms with van der Waals surface area (Å²) in [6, 6.07) is 21.0.